The highest BCUT2D eigenvalue weighted by Gasteiger charge is 2.10. The number of nitrogens with zero attached hydrogens (tertiary/aromatic N) is 2. The van der Waals surface area contributed by atoms with E-state index in [9.17, 15) is 0 Å². The van der Waals surface area contributed by atoms with Crippen LogP contribution in [0.2, 0.25) is 0 Å². The Morgan fingerprint density at radius 3 is 2.85 bits per heavy atom. The van der Waals surface area contributed by atoms with Crippen LogP contribution in [0.4, 0.5) is 5.82 Å². The van der Waals surface area contributed by atoms with Gasteiger partial charge in [0, 0.05) is 0 Å². The van der Waals surface area contributed by atoms with Crippen LogP contribution >= 0.6 is 0 Å². The van der Waals surface area contributed by atoms with Crippen LogP contribution in [0.25, 0.3) is 0 Å². The Labute approximate surface area is 78.2 Å². The lowest BCUT2D eigenvalue weighted by Gasteiger charge is -2.09. The molecule has 0 fully saturated rings. The molecule has 0 saturated heterocycles. The molecule has 1 aromatic rings. The first kappa shape index (κ1) is 9.53. The van der Waals surface area contributed by atoms with Gasteiger partial charge < -0.3 is 5.73 Å². The summed E-state index contributed by atoms with van der Waals surface area (Å²) in [6.07, 6.45) is 0.963. The summed E-state index contributed by atoms with van der Waals surface area (Å²) < 4.78 is 0. The molecule has 0 aliphatic rings. The Hall–Kier alpha value is -1.56. The average Bonchev–Trinajstić information content (AvgIpc) is 2.16. The number of nitrogens with two attached hydrogens (primary N) is 1. The maximum absolute atomic E-state index is 8.82. The zero-order valence-corrected chi connectivity index (χ0v) is 7.91. The van der Waals surface area contributed by atoms with Gasteiger partial charge in [0.05, 0.1) is 11.3 Å². The molecule has 0 radical (unpaired) electrons. The van der Waals surface area contributed by atoms with E-state index in [2.05, 4.69) is 18.0 Å². The monoisotopic (exact) mass is 175 g/mol. The first-order valence-corrected chi connectivity index (χ1v) is 4.35. The molecule has 0 saturated carbocycles. The lowest BCUT2D eigenvalue weighted by molar-refractivity contribution is 0.707. The zero-order chi connectivity index (χ0) is 9.84. The van der Waals surface area contributed by atoms with E-state index in [1.54, 1.807) is 12.1 Å². The van der Waals surface area contributed by atoms with Gasteiger partial charge in [0.15, 0.2) is 0 Å². The van der Waals surface area contributed by atoms with Crippen LogP contribution in [0.3, 0.4) is 0 Å². The summed E-state index contributed by atoms with van der Waals surface area (Å²) in [5.74, 6) is 0.771. The Morgan fingerprint density at radius 2 is 2.31 bits per heavy atom. The fourth-order valence-corrected chi connectivity index (χ4v) is 1.15. The Bertz CT molecular complexity index is 339. The van der Waals surface area contributed by atoms with E-state index in [1.165, 1.54) is 0 Å². The molecule has 0 amide bonds. The summed E-state index contributed by atoms with van der Waals surface area (Å²) in [5, 5.41) is 8.82. The van der Waals surface area contributed by atoms with Crippen molar-refractivity contribution in [3.63, 3.8) is 0 Å². The van der Waals surface area contributed by atoms with Gasteiger partial charge in [-0.25, -0.2) is 4.98 Å². The molecule has 0 aliphatic heterocycles. The van der Waals surface area contributed by atoms with Crippen molar-refractivity contribution in [1.29, 1.82) is 5.26 Å². The second-order valence-electron chi connectivity index (χ2n) is 3.09. The quantitative estimate of drug-likeness (QED) is 0.748. The second-order valence-corrected chi connectivity index (χ2v) is 3.09. The second kappa shape index (κ2) is 3.90. The number of anilines is 1. The minimum atomic E-state index is 0.290. The first-order chi connectivity index (χ1) is 6.19. The van der Waals surface area contributed by atoms with Gasteiger partial charge in [0.1, 0.15) is 11.9 Å². The highest BCUT2D eigenvalue weighted by molar-refractivity contribution is 5.41. The van der Waals surface area contributed by atoms with E-state index in [4.69, 9.17) is 11.0 Å². The molecule has 0 aliphatic carbocycles. The molecule has 3 heteroatoms. The molecule has 68 valence electrons. The summed E-state index contributed by atoms with van der Waals surface area (Å²) in [7, 11) is 0. The molecule has 1 aromatic heterocycles. The van der Waals surface area contributed by atoms with Gasteiger partial charge in [-0.1, -0.05) is 13.8 Å². The van der Waals surface area contributed by atoms with E-state index >= 15 is 0 Å². The van der Waals surface area contributed by atoms with Crippen LogP contribution in [0.1, 0.15) is 37.4 Å². The molecule has 0 spiro atoms. The summed E-state index contributed by atoms with van der Waals surface area (Å²) >= 11 is 0. The van der Waals surface area contributed by atoms with Crippen LogP contribution in [-0.4, -0.2) is 4.98 Å². The smallest absolute Gasteiger partial charge is 0.123 e. The molecule has 0 unspecified atom stereocenters. The van der Waals surface area contributed by atoms with Crippen molar-refractivity contribution in [2.45, 2.75) is 26.2 Å². The Kier molecular flexibility index (Phi) is 2.86. The molecular weight excluding hydrogens is 162 g/mol. The molecule has 1 rings (SSSR count). The van der Waals surface area contributed by atoms with Gasteiger partial charge >= 0.3 is 0 Å². The minimum Gasteiger partial charge on any atom is -0.384 e. The normalized spacial score (nSPS) is 12.1. The topological polar surface area (TPSA) is 62.7 Å². The average molecular weight is 175 g/mol. The third-order valence-corrected chi connectivity index (χ3v) is 2.15. The number of aromatic nitrogens is 1. The van der Waals surface area contributed by atoms with E-state index in [0.717, 1.165) is 12.1 Å². The lowest BCUT2D eigenvalue weighted by Crippen LogP contribution is -2.02. The fraction of sp³-hybridized carbons (Fsp3) is 0.400. The van der Waals surface area contributed by atoms with Crippen molar-refractivity contribution >= 4 is 5.82 Å². The van der Waals surface area contributed by atoms with Crippen molar-refractivity contribution in [2.75, 3.05) is 5.73 Å². The standard InChI is InChI=1S/C10H13N3/c1-3-7(2)10-8(6-11)4-5-9(12)13-10/h4-5,7H,3H2,1-2H3,(H2,12,13)/t7-/m1/s1. The van der Waals surface area contributed by atoms with Gasteiger partial charge in [0.25, 0.3) is 0 Å². The van der Waals surface area contributed by atoms with Crippen molar-refractivity contribution in [1.82, 2.24) is 4.98 Å². The zero-order valence-electron chi connectivity index (χ0n) is 7.91. The van der Waals surface area contributed by atoms with Crippen molar-refractivity contribution in [3.05, 3.63) is 23.4 Å². The van der Waals surface area contributed by atoms with E-state index in [1.807, 2.05) is 6.92 Å². The maximum atomic E-state index is 8.82. The largest absolute Gasteiger partial charge is 0.384 e. The maximum Gasteiger partial charge on any atom is 0.123 e. The fourth-order valence-electron chi connectivity index (χ4n) is 1.15. The lowest BCUT2D eigenvalue weighted by atomic mass is 10.00. The van der Waals surface area contributed by atoms with Crippen molar-refractivity contribution < 1.29 is 0 Å². The molecule has 0 aromatic carbocycles. The van der Waals surface area contributed by atoms with Crippen LogP contribution in [0, 0.1) is 11.3 Å². The third-order valence-electron chi connectivity index (χ3n) is 2.15. The minimum absolute atomic E-state index is 0.290. The van der Waals surface area contributed by atoms with Crippen molar-refractivity contribution in [2.24, 2.45) is 0 Å². The van der Waals surface area contributed by atoms with Crippen LogP contribution in [-0.2, 0) is 0 Å². The molecule has 2 N–H and O–H groups in total. The summed E-state index contributed by atoms with van der Waals surface area (Å²) in [4.78, 5) is 4.17. The Morgan fingerprint density at radius 1 is 1.62 bits per heavy atom. The predicted octanol–water partition coefficient (Wildman–Crippen LogP) is 2.05. The summed E-state index contributed by atoms with van der Waals surface area (Å²) in [5.41, 5.74) is 6.99. The van der Waals surface area contributed by atoms with Crippen molar-refractivity contribution in [3.8, 4) is 6.07 Å². The third kappa shape index (κ3) is 1.97. The van der Waals surface area contributed by atoms with Crippen LogP contribution in [0.15, 0.2) is 12.1 Å². The summed E-state index contributed by atoms with van der Waals surface area (Å²) in [6, 6.07) is 5.50. The van der Waals surface area contributed by atoms with Gasteiger partial charge in [-0.05, 0) is 24.5 Å². The molecule has 1 heterocycles. The number of nitriles is 1. The first-order valence-electron chi connectivity index (χ1n) is 4.35. The molecule has 1 atom stereocenters. The number of pyridine rings is 1. The van der Waals surface area contributed by atoms with E-state index in [-0.39, 0.29) is 5.92 Å². The molecular formula is C10H13N3. The highest BCUT2D eigenvalue weighted by atomic mass is 14.8. The SMILES string of the molecule is CC[C@@H](C)c1nc(N)ccc1C#N. The van der Waals surface area contributed by atoms with E-state index < -0.39 is 0 Å². The van der Waals surface area contributed by atoms with Gasteiger partial charge in [-0.3, -0.25) is 0 Å². The van der Waals surface area contributed by atoms with E-state index in [0.29, 0.717) is 11.4 Å². The molecule has 0 bridgehead atoms. The molecule has 13 heavy (non-hydrogen) atoms. The number of hydrogen-bond acceptors (Lipinski definition) is 3. The van der Waals surface area contributed by atoms with Crippen LogP contribution < -0.4 is 5.73 Å². The van der Waals surface area contributed by atoms with Gasteiger partial charge in [-0.2, -0.15) is 5.26 Å². The number of hydrogen-bond donors (Lipinski definition) is 1. The Balaban J connectivity index is 3.17. The number of rotatable bonds is 2. The molecule has 3 nitrogen and oxygen atoms in total. The summed E-state index contributed by atoms with van der Waals surface area (Å²) in [6.45, 7) is 4.11. The predicted molar refractivity (Wildman–Crippen MR) is 52.1 cm³/mol. The van der Waals surface area contributed by atoms with Gasteiger partial charge in [-0.15, -0.1) is 0 Å². The van der Waals surface area contributed by atoms with Crippen LogP contribution in [0.5, 0.6) is 0 Å². The highest BCUT2D eigenvalue weighted by Crippen LogP contribution is 2.20. The van der Waals surface area contributed by atoms with Gasteiger partial charge in [0.2, 0.25) is 0 Å². The number of nitrogen functional groups attached to an aromatic ring is 1.